The summed E-state index contributed by atoms with van der Waals surface area (Å²) in [5.41, 5.74) is 2.31. The van der Waals surface area contributed by atoms with E-state index in [2.05, 4.69) is 15.9 Å². The molecule has 0 spiro atoms. The molecule has 5 heteroatoms. The van der Waals surface area contributed by atoms with Crippen LogP contribution in [0, 0.1) is 11.8 Å². The fourth-order valence-electron chi connectivity index (χ4n) is 4.11. The Morgan fingerprint density at radius 3 is 2.59 bits per heavy atom. The van der Waals surface area contributed by atoms with Crippen molar-refractivity contribution in [2.75, 3.05) is 0 Å². The van der Waals surface area contributed by atoms with Gasteiger partial charge >= 0.3 is 0 Å². The fourth-order valence-corrected chi connectivity index (χ4v) is 4.53. The summed E-state index contributed by atoms with van der Waals surface area (Å²) in [4.78, 5) is 12.9. The third-order valence-electron chi connectivity index (χ3n) is 5.55. The highest BCUT2D eigenvalue weighted by Gasteiger charge is 2.41. The molecule has 1 saturated carbocycles. The average molecular weight is 448 g/mol. The number of ketones is 1. The molecule has 0 aromatic heterocycles. The van der Waals surface area contributed by atoms with E-state index in [0.717, 1.165) is 41.3 Å². The first kappa shape index (κ1) is 18.6. The number of carbonyl (C=O) groups excluding carboxylic acids is 1. The van der Waals surface area contributed by atoms with Gasteiger partial charge in [0.05, 0.1) is 10.6 Å². The van der Waals surface area contributed by atoms with E-state index >= 15 is 0 Å². The number of aliphatic hydroxyl groups is 1. The summed E-state index contributed by atoms with van der Waals surface area (Å²) in [6.45, 7) is 2.05. The molecule has 2 aliphatic carbocycles. The van der Waals surface area contributed by atoms with Crippen LogP contribution in [0.3, 0.4) is 0 Å². The van der Waals surface area contributed by atoms with Gasteiger partial charge in [0.25, 0.3) is 0 Å². The Morgan fingerprint density at radius 2 is 1.85 bits per heavy atom. The highest BCUT2D eigenvalue weighted by atomic mass is 79.9. The van der Waals surface area contributed by atoms with Gasteiger partial charge in [-0.25, -0.2) is 0 Å². The maximum atomic E-state index is 12.9. The number of aliphatic hydroxyl groups excluding tert-OH is 1. The summed E-state index contributed by atoms with van der Waals surface area (Å²) in [6, 6.07) is 11.1. The van der Waals surface area contributed by atoms with Crippen molar-refractivity contribution in [2.24, 2.45) is 11.8 Å². The van der Waals surface area contributed by atoms with Gasteiger partial charge in [-0.05, 0) is 77.0 Å². The number of hydrogen-bond donors (Lipinski definition) is 1. The van der Waals surface area contributed by atoms with E-state index in [1.807, 2.05) is 37.3 Å². The summed E-state index contributed by atoms with van der Waals surface area (Å²) in [6.07, 6.45) is 3.31. The number of Topliss-reactive ketones (excluding diaryl/α,β-unsaturated/α-hetero) is 1. The topological polar surface area (TPSA) is 46.5 Å². The van der Waals surface area contributed by atoms with Crippen LogP contribution in [0.1, 0.15) is 37.3 Å². The minimum atomic E-state index is 0.0421. The van der Waals surface area contributed by atoms with Gasteiger partial charge in [0.2, 0.25) is 0 Å². The molecule has 1 N–H and O–H groups in total. The molecule has 0 amide bonds. The molecule has 2 aromatic carbocycles. The van der Waals surface area contributed by atoms with Crippen LogP contribution in [0.5, 0.6) is 11.5 Å². The van der Waals surface area contributed by atoms with Crippen LogP contribution in [0.15, 0.2) is 46.6 Å². The highest BCUT2D eigenvalue weighted by Crippen LogP contribution is 2.46. The standard InChI is InChI=1S/C22H20BrClO3/c1-2-12-5-6-15(27-16-7-8-18(23)19(24)11-16)10-17(12)20-21(25)13-3-4-14(9-13)22(20)26/h5-8,10-11,13-14,25H,2-4,9H2,1H3/t13-,14-/m1/s1. The van der Waals surface area contributed by atoms with E-state index in [4.69, 9.17) is 16.3 Å². The maximum Gasteiger partial charge on any atom is 0.169 e. The van der Waals surface area contributed by atoms with Crippen molar-refractivity contribution in [2.45, 2.75) is 32.6 Å². The molecule has 2 aromatic rings. The Labute approximate surface area is 172 Å². The number of rotatable bonds is 4. The van der Waals surface area contributed by atoms with Crippen molar-refractivity contribution in [1.82, 2.24) is 0 Å². The predicted octanol–water partition coefficient (Wildman–Crippen LogP) is 6.73. The van der Waals surface area contributed by atoms with Gasteiger partial charge < -0.3 is 9.84 Å². The van der Waals surface area contributed by atoms with E-state index in [0.29, 0.717) is 22.1 Å². The third kappa shape index (κ3) is 3.41. The molecule has 4 rings (SSSR count). The van der Waals surface area contributed by atoms with Gasteiger partial charge in [0, 0.05) is 22.4 Å². The highest BCUT2D eigenvalue weighted by molar-refractivity contribution is 9.10. The van der Waals surface area contributed by atoms with E-state index in [1.165, 1.54) is 0 Å². The number of allylic oxidation sites excluding steroid dienone is 2. The van der Waals surface area contributed by atoms with Crippen LogP contribution in [0.2, 0.25) is 5.02 Å². The Morgan fingerprint density at radius 1 is 1.15 bits per heavy atom. The molecule has 2 bridgehead atoms. The second-order valence-corrected chi connectivity index (χ2v) is 8.44. The lowest BCUT2D eigenvalue weighted by Crippen LogP contribution is -2.21. The van der Waals surface area contributed by atoms with E-state index < -0.39 is 0 Å². The molecule has 0 aliphatic heterocycles. The normalized spacial score (nSPS) is 21.7. The smallest absolute Gasteiger partial charge is 0.169 e. The molecule has 0 heterocycles. The van der Waals surface area contributed by atoms with E-state index in [-0.39, 0.29) is 23.4 Å². The van der Waals surface area contributed by atoms with Crippen molar-refractivity contribution in [3.05, 3.63) is 62.8 Å². The van der Waals surface area contributed by atoms with Crippen LogP contribution in [0.25, 0.3) is 5.57 Å². The first-order valence-corrected chi connectivity index (χ1v) is 10.4. The number of fused-ring (bicyclic) bond motifs is 2. The summed E-state index contributed by atoms with van der Waals surface area (Å²) in [7, 11) is 0. The number of aryl methyl sites for hydroxylation is 1. The average Bonchev–Trinajstić information content (AvgIpc) is 3.11. The third-order valence-corrected chi connectivity index (χ3v) is 6.78. The van der Waals surface area contributed by atoms with Crippen LogP contribution in [0.4, 0.5) is 0 Å². The quantitative estimate of drug-likeness (QED) is 0.565. The van der Waals surface area contributed by atoms with Gasteiger partial charge in [-0.3, -0.25) is 4.79 Å². The lowest BCUT2D eigenvalue weighted by molar-refractivity contribution is -0.117. The number of ether oxygens (including phenoxy) is 1. The molecular weight excluding hydrogens is 428 g/mol. The second-order valence-electron chi connectivity index (χ2n) is 7.18. The Balaban J connectivity index is 1.74. The van der Waals surface area contributed by atoms with Gasteiger partial charge in [-0.1, -0.05) is 24.6 Å². The molecule has 27 heavy (non-hydrogen) atoms. The number of hydrogen-bond acceptors (Lipinski definition) is 3. The fraction of sp³-hybridized carbons (Fsp3) is 0.318. The molecule has 0 unspecified atom stereocenters. The van der Waals surface area contributed by atoms with Crippen LogP contribution in [-0.2, 0) is 11.2 Å². The summed E-state index contributed by atoms with van der Waals surface area (Å²) < 4.78 is 6.77. The molecular formula is C22H20BrClO3. The SMILES string of the molecule is CCc1ccc(Oc2ccc(Br)c(Cl)c2)cc1C1=C(O)[C@@H]2CC[C@H](C2)C1=O. The molecule has 0 saturated heterocycles. The van der Waals surface area contributed by atoms with Crippen molar-refractivity contribution < 1.29 is 14.6 Å². The molecule has 0 radical (unpaired) electrons. The van der Waals surface area contributed by atoms with Crippen molar-refractivity contribution in [3.63, 3.8) is 0 Å². The lowest BCUT2D eigenvalue weighted by atomic mass is 9.81. The zero-order valence-electron chi connectivity index (χ0n) is 15.0. The van der Waals surface area contributed by atoms with Crippen molar-refractivity contribution in [3.8, 4) is 11.5 Å². The minimum absolute atomic E-state index is 0.0421. The Kier molecular flexibility index (Phi) is 5.04. The van der Waals surface area contributed by atoms with E-state index in [1.54, 1.807) is 6.07 Å². The van der Waals surface area contributed by atoms with Crippen molar-refractivity contribution in [1.29, 1.82) is 0 Å². The Bertz CT molecular complexity index is 951. The maximum absolute atomic E-state index is 12.9. The number of halogens is 2. The molecule has 140 valence electrons. The summed E-state index contributed by atoms with van der Waals surface area (Å²) in [5.74, 6) is 1.72. The minimum Gasteiger partial charge on any atom is -0.511 e. The predicted molar refractivity (Wildman–Crippen MR) is 110 cm³/mol. The zero-order valence-corrected chi connectivity index (χ0v) is 17.3. The van der Waals surface area contributed by atoms with Gasteiger partial charge in [0.1, 0.15) is 17.3 Å². The van der Waals surface area contributed by atoms with Gasteiger partial charge in [0.15, 0.2) is 5.78 Å². The lowest BCUT2D eigenvalue weighted by Gasteiger charge is -2.23. The summed E-state index contributed by atoms with van der Waals surface area (Å²) in [5, 5.41) is 11.3. The van der Waals surface area contributed by atoms with Gasteiger partial charge in [-0.15, -0.1) is 0 Å². The first-order chi connectivity index (χ1) is 13.0. The van der Waals surface area contributed by atoms with Gasteiger partial charge in [-0.2, -0.15) is 0 Å². The van der Waals surface area contributed by atoms with Crippen LogP contribution >= 0.6 is 27.5 Å². The van der Waals surface area contributed by atoms with E-state index in [9.17, 15) is 9.90 Å². The Hall–Kier alpha value is -1.78. The molecule has 3 nitrogen and oxygen atoms in total. The number of benzene rings is 2. The zero-order chi connectivity index (χ0) is 19.1. The first-order valence-electron chi connectivity index (χ1n) is 9.21. The summed E-state index contributed by atoms with van der Waals surface area (Å²) >= 11 is 9.51. The van der Waals surface area contributed by atoms with Crippen LogP contribution in [-0.4, -0.2) is 10.9 Å². The molecule has 2 atom stereocenters. The van der Waals surface area contributed by atoms with Crippen molar-refractivity contribution >= 4 is 38.9 Å². The number of carbonyl (C=O) groups is 1. The largest absolute Gasteiger partial charge is 0.511 e. The second kappa shape index (κ2) is 7.33. The molecule has 2 aliphatic rings. The molecule has 1 fully saturated rings. The van der Waals surface area contributed by atoms with Crippen LogP contribution < -0.4 is 4.74 Å². The monoisotopic (exact) mass is 446 g/mol.